The van der Waals surface area contributed by atoms with Crippen molar-refractivity contribution >= 4 is 29.4 Å². The fourth-order valence-corrected chi connectivity index (χ4v) is 1.69. The van der Waals surface area contributed by atoms with Crippen LogP contribution < -0.4 is 5.32 Å². The number of amides is 2. The summed E-state index contributed by atoms with van der Waals surface area (Å²) >= 11 is 5.43. The number of carbonyl (C=O) groups excluding carboxylic acids is 3. The Labute approximate surface area is 97.9 Å². The van der Waals surface area contributed by atoms with Gasteiger partial charge in [-0.1, -0.05) is 0 Å². The molecule has 1 saturated heterocycles. The van der Waals surface area contributed by atoms with E-state index in [4.69, 9.17) is 11.6 Å². The monoisotopic (exact) mass is 248 g/mol. The lowest BCUT2D eigenvalue weighted by Crippen LogP contribution is -2.58. The smallest absolute Gasteiger partial charge is 0.308 e. The van der Waals surface area contributed by atoms with Crippen LogP contribution in [0.4, 0.5) is 0 Å². The third-order valence-electron chi connectivity index (χ3n) is 2.35. The maximum atomic E-state index is 11.5. The molecule has 1 aliphatic rings. The van der Waals surface area contributed by atoms with E-state index in [1.807, 2.05) is 0 Å². The molecule has 1 fully saturated rings. The minimum atomic E-state index is -0.813. The lowest BCUT2D eigenvalue weighted by atomic mass is 10.1. The Morgan fingerprint density at radius 2 is 2.31 bits per heavy atom. The lowest BCUT2D eigenvalue weighted by Gasteiger charge is -2.34. The third-order valence-corrected chi connectivity index (χ3v) is 2.58. The van der Waals surface area contributed by atoms with Crippen molar-refractivity contribution in [2.24, 2.45) is 0 Å². The van der Waals surface area contributed by atoms with E-state index in [1.54, 1.807) is 0 Å². The van der Waals surface area contributed by atoms with Gasteiger partial charge in [0.25, 0.3) is 0 Å². The molecule has 1 N–H and O–H groups in total. The summed E-state index contributed by atoms with van der Waals surface area (Å²) in [5.41, 5.74) is 0. The second kappa shape index (κ2) is 5.69. The normalized spacial score (nSPS) is 20.2. The van der Waals surface area contributed by atoms with Crippen LogP contribution in [0.25, 0.3) is 0 Å². The van der Waals surface area contributed by atoms with Crippen LogP contribution in [0.2, 0.25) is 0 Å². The van der Waals surface area contributed by atoms with Gasteiger partial charge < -0.3 is 15.0 Å². The van der Waals surface area contributed by atoms with Crippen LogP contribution >= 0.6 is 11.6 Å². The van der Waals surface area contributed by atoms with Crippen molar-refractivity contribution in [3.63, 3.8) is 0 Å². The zero-order chi connectivity index (χ0) is 12.1. The first-order chi connectivity index (χ1) is 7.60. The number of nitrogens with one attached hydrogen (secondary N) is 1. The van der Waals surface area contributed by atoms with E-state index < -0.39 is 12.0 Å². The molecule has 2 amide bonds. The Morgan fingerprint density at radius 3 is 2.88 bits per heavy atom. The molecule has 1 atom stereocenters. The zero-order valence-corrected chi connectivity index (χ0v) is 9.62. The predicted octanol–water partition coefficient (Wildman–Crippen LogP) is -0.885. The van der Waals surface area contributed by atoms with Crippen LogP contribution in [-0.2, 0) is 19.1 Å². The van der Waals surface area contributed by atoms with Gasteiger partial charge in [0.15, 0.2) is 0 Å². The Morgan fingerprint density at radius 1 is 1.62 bits per heavy atom. The first kappa shape index (κ1) is 12.8. The Hall–Kier alpha value is -1.30. The zero-order valence-electron chi connectivity index (χ0n) is 8.86. The van der Waals surface area contributed by atoms with E-state index >= 15 is 0 Å². The first-order valence-corrected chi connectivity index (χ1v) is 5.33. The van der Waals surface area contributed by atoms with Crippen molar-refractivity contribution in [3.8, 4) is 0 Å². The number of alkyl halides is 1. The lowest BCUT2D eigenvalue weighted by molar-refractivity contribution is -0.149. The Balaban J connectivity index is 2.75. The average Bonchev–Trinajstić information content (AvgIpc) is 2.30. The van der Waals surface area contributed by atoms with E-state index in [9.17, 15) is 14.4 Å². The summed E-state index contributed by atoms with van der Waals surface area (Å²) in [5, 5.41) is 2.59. The fraction of sp³-hybridized carbons (Fsp3) is 0.667. The Kier molecular flexibility index (Phi) is 4.54. The largest absolute Gasteiger partial charge is 0.469 e. The van der Waals surface area contributed by atoms with Gasteiger partial charge in [-0.25, -0.2) is 0 Å². The molecular formula is C9H13ClN2O4. The van der Waals surface area contributed by atoms with E-state index in [-0.39, 0.29) is 24.1 Å². The highest BCUT2D eigenvalue weighted by molar-refractivity contribution is 6.27. The van der Waals surface area contributed by atoms with Crippen molar-refractivity contribution < 1.29 is 19.1 Å². The van der Waals surface area contributed by atoms with Gasteiger partial charge in [-0.05, 0) is 0 Å². The minimum Gasteiger partial charge on any atom is -0.469 e. The number of methoxy groups -OCH3 is 1. The van der Waals surface area contributed by atoms with E-state index in [0.29, 0.717) is 13.1 Å². The minimum absolute atomic E-state index is 0.148. The molecule has 0 spiro atoms. The number of hydrogen-bond acceptors (Lipinski definition) is 4. The van der Waals surface area contributed by atoms with Gasteiger partial charge in [-0.15, -0.1) is 11.6 Å². The molecule has 1 rings (SSSR count). The van der Waals surface area contributed by atoms with Crippen LogP contribution in [0.5, 0.6) is 0 Å². The molecule has 1 aliphatic heterocycles. The number of rotatable bonds is 3. The van der Waals surface area contributed by atoms with Gasteiger partial charge in [0.2, 0.25) is 11.8 Å². The predicted molar refractivity (Wildman–Crippen MR) is 55.9 cm³/mol. The highest BCUT2D eigenvalue weighted by Crippen LogP contribution is 2.10. The first-order valence-electron chi connectivity index (χ1n) is 4.80. The number of piperazine rings is 1. The number of hydrogen-bond donors (Lipinski definition) is 1. The number of halogens is 1. The van der Waals surface area contributed by atoms with Gasteiger partial charge in [0.05, 0.1) is 13.5 Å². The van der Waals surface area contributed by atoms with E-state index in [2.05, 4.69) is 10.1 Å². The second-order valence-corrected chi connectivity index (χ2v) is 3.58. The summed E-state index contributed by atoms with van der Waals surface area (Å²) in [4.78, 5) is 35.4. The van der Waals surface area contributed by atoms with Gasteiger partial charge in [0, 0.05) is 13.1 Å². The quantitative estimate of drug-likeness (QED) is 0.520. The summed E-state index contributed by atoms with van der Waals surface area (Å²) in [5.74, 6) is -1.44. The van der Waals surface area contributed by atoms with Crippen LogP contribution in [0.3, 0.4) is 0 Å². The fourth-order valence-electron chi connectivity index (χ4n) is 1.53. The molecule has 0 aliphatic carbocycles. The van der Waals surface area contributed by atoms with Crippen molar-refractivity contribution in [2.75, 3.05) is 26.1 Å². The number of nitrogens with zero attached hydrogens (tertiary/aromatic N) is 1. The molecule has 6 nitrogen and oxygen atoms in total. The van der Waals surface area contributed by atoms with Gasteiger partial charge in [0.1, 0.15) is 11.9 Å². The highest BCUT2D eigenvalue weighted by atomic mass is 35.5. The standard InChI is InChI=1S/C9H13ClN2O4/c1-16-8(14)4-6-9(15)11-2-3-12(6)7(13)5-10/h6H,2-5H2,1H3,(H,11,15)/t6-/m1/s1. The van der Waals surface area contributed by atoms with Crippen LogP contribution in [0, 0.1) is 0 Å². The molecule has 0 aromatic carbocycles. The van der Waals surface area contributed by atoms with Gasteiger partial charge in [-0.3, -0.25) is 14.4 Å². The molecule has 0 aromatic rings. The maximum absolute atomic E-state index is 11.5. The highest BCUT2D eigenvalue weighted by Gasteiger charge is 2.34. The molecule has 0 saturated carbocycles. The SMILES string of the molecule is COC(=O)C[C@@H]1C(=O)NCCN1C(=O)CCl. The summed E-state index contributed by atoms with van der Waals surface area (Å²) < 4.78 is 4.47. The summed E-state index contributed by atoms with van der Waals surface area (Å²) in [6.07, 6.45) is -0.148. The van der Waals surface area contributed by atoms with Crippen LogP contribution in [0.15, 0.2) is 0 Å². The van der Waals surface area contributed by atoms with E-state index in [0.717, 1.165) is 0 Å². The summed E-state index contributed by atoms with van der Waals surface area (Å²) in [6, 6.07) is -0.813. The maximum Gasteiger partial charge on any atom is 0.308 e. The molecule has 90 valence electrons. The molecule has 0 radical (unpaired) electrons. The summed E-state index contributed by atoms with van der Waals surface area (Å²) in [6.45, 7) is 0.734. The number of ether oxygens (including phenoxy) is 1. The van der Waals surface area contributed by atoms with Gasteiger partial charge in [-0.2, -0.15) is 0 Å². The van der Waals surface area contributed by atoms with E-state index in [1.165, 1.54) is 12.0 Å². The molecular weight excluding hydrogens is 236 g/mol. The van der Waals surface area contributed by atoms with Crippen molar-refractivity contribution in [3.05, 3.63) is 0 Å². The van der Waals surface area contributed by atoms with Gasteiger partial charge >= 0.3 is 5.97 Å². The van der Waals surface area contributed by atoms with Crippen molar-refractivity contribution in [2.45, 2.75) is 12.5 Å². The topological polar surface area (TPSA) is 75.7 Å². The third kappa shape index (κ3) is 2.85. The number of carbonyl (C=O) groups is 3. The Bertz CT molecular complexity index is 308. The molecule has 7 heteroatoms. The molecule has 0 bridgehead atoms. The molecule has 0 unspecified atom stereocenters. The molecule has 0 aromatic heterocycles. The van der Waals surface area contributed by atoms with Crippen molar-refractivity contribution in [1.29, 1.82) is 0 Å². The second-order valence-electron chi connectivity index (χ2n) is 3.31. The van der Waals surface area contributed by atoms with Crippen LogP contribution in [0.1, 0.15) is 6.42 Å². The average molecular weight is 249 g/mol. The number of esters is 1. The van der Waals surface area contributed by atoms with Crippen LogP contribution in [-0.4, -0.2) is 54.8 Å². The molecule has 16 heavy (non-hydrogen) atoms. The van der Waals surface area contributed by atoms with Crippen molar-refractivity contribution in [1.82, 2.24) is 10.2 Å². The summed E-state index contributed by atoms with van der Waals surface area (Å²) in [7, 11) is 1.23. The molecule has 1 heterocycles.